The van der Waals surface area contributed by atoms with Crippen LogP contribution in [0.25, 0.3) is 10.9 Å². The molecule has 0 saturated heterocycles. The molecule has 4 heteroatoms. The van der Waals surface area contributed by atoms with E-state index in [1.807, 2.05) is 51.1 Å². The predicted octanol–water partition coefficient (Wildman–Crippen LogP) is 4.20. The third-order valence-corrected chi connectivity index (χ3v) is 4.10. The molecule has 2 aromatic carbocycles. The Bertz CT molecular complexity index is 959. The first-order valence-electron chi connectivity index (χ1n) is 8.09. The lowest BCUT2D eigenvalue weighted by Gasteiger charge is -2.09. The second-order valence-electron chi connectivity index (χ2n) is 6.15. The molecule has 0 radical (unpaired) electrons. The van der Waals surface area contributed by atoms with Gasteiger partial charge in [0, 0.05) is 16.6 Å². The number of carbonyl (C=O) groups is 2. The molecule has 0 bridgehead atoms. The predicted molar refractivity (Wildman–Crippen MR) is 97.0 cm³/mol. The summed E-state index contributed by atoms with van der Waals surface area (Å²) in [4.78, 5) is 29.2. The number of pyridine rings is 1. The highest BCUT2D eigenvalue weighted by Crippen LogP contribution is 2.22. The van der Waals surface area contributed by atoms with E-state index < -0.39 is 5.97 Å². The van der Waals surface area contributed by atoms with Crippen LogP contribution >= 0.6 is 0 Å². The Kier molecular flexibility index (Phi) is 4.61. The van der Waals surface area contributed by atoms with Gasteiger partial charge in [-0.2, -0.15) is 0 Å². The summed E-state index contributed by atoms with van der Waals surface area (Å²) in [6.45, 7) is 5.45. The average Bonchev–Trinajstić information content (AvgIpc) is 2.60. The molecule has 25 heavy (non-hydrogen) atoms. The van der Waals surface area contributed by atoms with Crippen molar-refractivity contribution in [1.29, 1.82) is 0 Å². The average molecular weight is 333 g/mol. The quantitative estimate of drug-likeness (QED) is 0.530. The molecule has 0 aliphatic rings. The number of aryl methyl sites for hydroxylation is 3. The Morgan fingerprint density at radius 2 is 1.72 bits per heavy atom. The Hall–Kier alpha value is -3.01. The maximum absolute atomic E-state index is 12.5. The van der Waals surface area contributed by atoms with Crippen molar-refractivity contribution in [3.8, 4) is 0 Å². The molecule has 4 nitrogen and oxygen atoms in total. The molecule has 3 rings (SSSR count). The lowest BCUT2D eigenvalue weighted by molar-refractivity contribution is 0.0476. The van der Waals surface area contributed by atoms with E-state index in [-0.39, 0.29) is 12.4 Å². The van der Waals surface area contributed by atoms with Gasteiger partial charge in [0.05, 0.1) is 11.1 Å². The van der Waals surface area contributed by atoms with Crippen molar-refractivity contribution in [2.45, 2.75) is 20.8 Å². The number of hydrogen-bond acceptors (Lipinski definition) is 4. The number of hydrogen-bond donors (Lipinski definition) is 0. The first kappa shape index (κ1) is 16.8. The molecule has 0 unspecified atom stereocenters. The molecule has 0 amide bonds. The molecule has 0 spiro atoms. The maximum Gasteiger partial charge on any atom is 0.339 e. The van der Waals surface area contributed by atoms with Gasteiger partial charge >= 0.3 is 5.97 Å². The third-order valence-electron chi connectivity index (χ3n) is 4.10. The second-order valence-corrected chi connectivity index (χ2v) is 6.15. The van der Waals surface area contributed by atoms with Gasteiger partial charge in [-0.15, -0.1) is 0 Å². The first-order valence-corrected chi connectivity index (χ1v) is 8.09. The van der Waals surface area contributed by atoms with Gasteiger partial charge in [0.1, 0.15) is 0 Å². The molecule has 0 saturated carbocycles. The van der Waals surface area contributed by atoms with Gasteiger partial charge in [-0.1, -0.05) is 48.0 Å². The Labute approximate surface area is 146 Å². The van der Waals surface area contributed by atoms with Crippen LogP contribution in [0.5, 0.6) is 0 Å². The van der Waals surface area contributed by atoms with Gasteiger partial charge in [0.25, 0.3) is 0 Å². The topological polar surface area (TPSA) is 56.3 Å². The number of rotatable bonds is 4. The van der Waals surface area contributed by atoms with Gasteiger partial charge in [-0.3, -0.25) is 9.78 Å². The minimum atomic E-state index is -0.512. The number of ketones is 1. The number of Topliss-reactive ketones (excluding diaryl/α,β-unsaturated/α-hetero) is 1. The monoisotopic (exact) mass is 333 g/mol. The van der Waals surface area contributed by atoms with E-state index in [0.29, 0.717) is 11.1 Å². The summed E-state index contributed by atoms with van der Waals surface area (Å²) in [5.74, 6) is -0.735. The summed E-state index contributed by atoms with van der Waals surface area (Å²) < 4.78 is 5.26. The minimum absolute atomic E-state index is 0.223. The highest BCUT2D eigenvalue weighted by molar-refractivity contribution is 6.05. The fourth-order valence-corrected chi connectivity index (χ4v) is 2.72. The number of nitrogens with zero attached hydrogens (tertiary/aromatic N) is 1. The molecular formula is C21H19NO3. The molecule has 1 aromatic heterocycles. The lowest BCUT2D eigenvalue weighted by atomic mass is 10.0. The van der Waals surface area contributed by atoms with Crippen LogP contribution in [0.15, 0.2) is 48.5 Å². The highest BCUT2D eigenvalue weighted by atomic mass is 16.5. The van der Waals surface area contributed by atoms with E-state index >= 15 is 0 Å². The van der Waals surface area contributed by atoms with E-state index in [4.69, 9.17) is 4.74 Å². The van der Waals surface area contributed by atoms with Crippen LogP contribution < -0.4 is 0 Å². The molecule has 0 aliphatic heterocycles. The summed E-state index contributed by atoms with van der Waals surface area (Å²) in [6.07, 6.45) is 0. The highest BCUT2D eigenvalue weighted by Gasteiger charge is 2.16. The van der Waals surface area contributed by atoms with Crippen molar-refractivity contribution in [1.82, 2.24) is 4.98 Å². The number of fused-ring (bicyclic) bond motifs is 1. The van der Waals surface area contributed by atoms with E-state index in [9.17, 15) is 9.59 Å². The van der Waals surface area contributed by atoms with Gasteiger partial charge in [0.15, 0.2) is 12.4 Å². The molecule has 126 valence electrons. The third kappa shape index (κ3) is 3.58. The normalized spacial score (nSPS) is 10.7. The fourth-order valence-electron chi connectivity index (χ4n) is 2.72. The number of aromatic nitrogens is 1. The summed E-state index contributed by atoms with van der Waals surface area (Å²) in [5, 5.41) is 0.735. The summed E-state index contributed by atoms with van der Waals surface area (Å²) in [6, 6.07) is 14.6. The van der Waals surface area contributed by atoms with Crippen LogP contribution in [0.2, 0.25) is 0 Å². The van der Waals surface area contributed by atoms with Crippen LogP contribution in [0.3, 0.4) is 0 Å². The van der Waals surface area contributed by atoms with E-state index in [1.165, 1.54) is 0 Å². The van der Waals surface area contributed by atoms with Crippen molar-refractivity contribution in [3.05, 3.63) is 76.5 Å². The van der Waals surface area contributed by atoms with Crippen LogP contribution in [0.1, 0.15) is 37.5 Å². The van der Waals surface area contributed by atoms with Crippen molar-refractivity contribution < 1.29 is 14.3 Å². The van der Waals surface area contributed by atoms with Gasteiger partial charge < -0.3 is 4.74 Å². The molecule has 0 fully saturated rings. The van der Waals surface area contributed by atoms with Gasteiger partial charge in [0.2, 0.25) is 0 Å². The molecular weight excluding hydrogens is 314 g/mol. The molecule has 0 aliphatic carbocycles. The van der Waals surface area contributed by atoms with Crippen LogP contribution in [-0.4, -0.2) is 23.3 Å². The zero-order valence-corrected chi connectivity index (χ0v) is 14.5. The van der Waals surface area contributed by atoms with Crippen LogP contribution in [0.4, 0.5) is 0 Å². The van der Waals surface area contributed by atoms with Gasteiger partial charge in [-0.25, -0.2) is 4.79 Å². The Balaban J connectivity index is 1.82. The molecule has 0 atom stereocenters. The Morgan fingerprint density at radius 3 is 2.44 bits per heavy atom. The van der Waals surface area contributed by atoms with E-state index in [2.05, 4.69) is 4.98 Å². The van der Waals surface area contributed by atoms with Crippen molar-refractivity contribution in [3.63, 3.8) is 0 Å². The number of esters is 1. The summed E-state index contributed by atoms with van der Waals surface area (Å²) in [5.41, 5.74) is 4.54. The van der Waals surface area contributed by atoms with Crippen molar-refractivity contribution >= 4 is 22.7 Å². The zero-order chi connectivity index (χ0) is 18.0. The second kappa shape index (κ2) is 6.85. The smallest absolute Gasteiger partial charge is 0.339 e. The van der Waals surface area contributed by atoms with Crippen LogP contribution in [0, 0.1) is 20.8 Å². The molecule has 0 N–H and O–H groups in total. The lowest BCUT2D eigenvalue weighted by Crippen LogP contribution is -2.15. The van der Waals surface area contributed by atoms with Crippen molar-refractivity contribution in [2.75, 3.05) is 6.61 Å². The van der Waals surface area contributed by atoms with E-state index in [0.717, 1.165) is 27.7 Å². The maximum atomic E-state index is 12.5. The fraction of sp³-hybridized carbons (Fsp3) is 0.190. The van der Waals surface area contributed by atoms with Crippen molar-refractivity contribution in [2.24, 2.45) is 0 Å². The number of ether oxygens (including phenoxy) is 1. The molecule has 3 aromatic rings. The van der Waals surface area contributed by atoms with E-state index in [1.54, 1.807) is 18.2 Å². The zero-order valence-electron chi connectivity index (χ0n) is 14.5. The first-order chi connectivity index (χ1) is 12.0. The number of para-hydroxylation sites is 1. The molecule has 1 heterocycles. The number of carbonyl (C=O) groups excluding carboxylic acids is 2. The van der Waals surface area contributed by atoms with Gasteiger partial charge in [-0.05, 0) is 32.4 Å². The Morgan fingerprint density at radius 1 is 1.00 bits per heavy atom. The summed E-state index contributed by atoms with van der Waals surface area (Å²) >= 11 is 0. The number of benzene rings is 2. The van der Waals surface area contributed by atoms with Crippen LogP contribution in [-0.2, 0) is 4.74 Å². The SMILES string of the molecule is Cc1ccc(C(=O)COC(=O)c2cc(C)nc3c(C)cccc23)cc1. The summed E-state index contributed by atoms with van der Waals surface area (Å²) in [7, 11) is 0. The minimum Gasteiger partial charge on any atom is -0.454 e. The largest absolute Gasteiger partial charge is 0.454 e. The standard InChI is InChI=1S/C21H19NO3/c1-13-7-9-16(10-8-13)19(23)12-25-21(24)18-11-15(3)22-20-14(2)5-4-6-17(18)20/h4-11H,12H2,1-3H3.